The molecule has 5 nitrogen and oxygen atoms in total. The number of hydrogen-bond acceptors (Lipinski definition) is 4. The van der Waals surface area contributed by atoms with Crippen LogP contribution in [-0.4, -0.2) is 29.6 Å². The topological polar surface area (TPSA) is 58.6 Å². The van der Waals surface area contributed by atoms with Crippen LogP contribution in [0.2, 0.25) is 5.02 Å². The molecule has 4 rings (SSSR count). The van der Waals surface area contributed by atoms with E-state index in [1.165, 1.54) is 0 Å². The molecule has 0 unspecified atom stereocenters. The number of carbonyl (C=O) groups excluding carboxylic acids is 2. The van der Waals surface area contributed by atoms with E-state index in [1.54, 1.807) is 37.1 Å². The van der Waals surface area contributed by atoms with Crippen molar-refractivity contribution in [3.8, 4) is 5.75 Å². The summed E-state index contributed by atoms with van der Waals surface area (Å²) in [6.07, 6.45) is 0. The zero-order valence-electron chi connectivity index (χ0n) is 16.9. The standard InChI is InChI=1S/C24H21ClN2O3S/c1-30-21-4-2-3-20(13-21)26-23(29)17-7-9-18(10-8-17)24-27(22(28)15-31-24)14-16-5-11-19(25)12-6-16/h2-13,24H,14-15H2,1H3,(H,26,29)/t24-/m1/s1. The van der Waals surface area contributed by atoms with Gasteiger partial charge in [-0.3, -0.25) is 9.59 Å². The molecule has 7 heteroatoms. The Morgan fingerprint density at radius 1 is 1.13 bits per heavy atom. The van der Waals surface area contributed by atoms with E-state index in [4.69, 9.17) is 16.3 Å². The quantitative estimate of drug-likeness (QED) is 0.545. The summed E-state index contributed by atoms with van der Waals surface area (Å²) in [5.41, 5.74) is 3.23. The summed E-state index contributed by atoms with van der Waals surface area (Å²) in [6, 6.07) is 22.1. The summed E-state index contributed by atoms with van der Waals surface area (Å²) in [5, 5.41) is 3.46. The third-order valence-corrected chi connectivity index (χ3v) is 6.53. The second-order valence-electron chi connectivity index (χ2n) is 7.12. The van der Waals surface area contributed by atoms with E-state index in [0.29, 0.717) is 34.3 Å². The van der Waals surface area contributed by atoms with Crippen molar-refractivity contribution in [2.45, 2.75) is 11.9 Å². The summed E-state index contributed by atoms with van der Waals surface area (Å²) in [7, 11) is 1.58. The van der Waals surface area contributed by atoms with Crippen LogP contribution in [0, 0.1) is 0 Å². The average molecular weight is 453 g/mol. The van der Waals surface area contributed by atoms with E-state index in [2.05, 4.69) is 5.32 Å². The van der Waals surface area contributed by atoms with Gasteiger partial charge in [0.2, 0.25) is 5.91 Å². The summed E-state index contributed by atoms with van der Waals surface area (Å²) < 4.78 is 5.19. The highest BCUT2D eigenvalue weighted by Gasteiger charge is 2.32. The van der Waals surface area contributed by atoms with Crippen LogP contribution in [0.25, 0.3) is 0 Å². The molecule has 2 amide bonds. The maximum Gasteiger partial charge on any atom is 0.255 e. The van der Waals surface area contributed by atoms with Crippen LogP contribution < -0.4 is 10.1 Å². The third-order valence-electron chi connectivity index (χ3n) is 5.02. The number of amides is 2. The van der Waals surface area contributed by atoms with Gasteiger partial charge in [0.05, 0.1) is 12.9 Å². The molecule has 1 saturated heterocycles. The highest BCUT2D eigenvalue weighted by atomic mass is 35.5. The fraction of sp³-hybridized carbons (Fsp3) is 0.167. The lowest BCUT2D eigenvalue weighted by Gasteiger charge is -2.24. The van der Waals surface area contributed by atoms with Gasteiger partial charge in [0.1, 0.15) is 11.1 Å². The van der Waals surface area contributed by atoms with Crippen LogP contribution in [0.5, 0.6) is 5.75 Å². The maximum absolute atomic E-state index is 12.6. The van der Waals surface area contributed by atoms with Gasteiger partial charge in [-0.05, 0) is 47.5 Å². The minimum absolute atomic E-state index is 0.0846. The molecule has 158 valence electrons. The fourth-order valence-electron chi connectivity index (χ4n) is 3.39. The van der Waals surface area contributed by atoms with Crippen molar-refractivity contribution in [2.24, 2.45) is 0 Å². The van der Waals surface area contributed by atoms with Gasteiger partial charge in [0.25, 0.3) is 5.91 Å². The molecule has 0 aromatic heterocycles. The van der Waals surface area contributed by atoms with E-state index in [0.717, 1.165) is 11.1 Å². The van der Waals surface area contributed by atoms with Gasteiger partial charge >= 0.3 is 0 Å². The molecule has 1 fully saturated rings. The minimum atomic E-state index is -0.201. The smallest absolute Gasteiger partial charge is 0.255 e. The number of rotatable bonds is 6. The van der Waals surface area contributed by atoms with Crippen molar-refractivity contribution in [3.63, 3.8) is 0 Å². The number of carbonyl (C=O) groups is 2. The number of ether oxygens (including phenoxy) is 1. The Labute approximate surface area is 190 Å². The second kappa shape index (κ2) is 9.45. The van der Waals surface area contributed by atoms with Crippen LogP contribution in [0.3, 0.4) is 0 Å². The summed E-state index contributed by atoms with van der Waals surface area (Å²) in [4.78, 5) is 26.9. The predicted octanol–water partition coefficient (Wildman–Crippen LogP) is 5.38. The summed E-state index contributed by atoms with van der Waals surface area (Å²) in [5.74, 6) is 1.02. The summed E-state index contributed by atoms with van der Waals surface area (Å²) >= 11 is 7.56. The first kappa shape index (κ1) is 21.3. The predicted molar refractivity (Wildman–Crippen MR) is 125 cm³/mol. The Kier molecular flexibility index (Phi) is 6.49. The minimum Gasteiger partial charge on any atom is -0.497 e. The molecule has 1 atom stereocenters. The molecule has 3 aromatic carbocycles. The highest BCUT2D eigenvalue weighted by molar-refractivity contribution is 8.00. The van der Waals surface area contributed by atoms with Gasteiger partial charge in [-0.1, -0.05) is 41.9 Å². The van der Waals surface area contributed by atoms with Crippen LogP contribution in [0.15, 0.2) is 72.8 Å². The summed E-state index contributed by atoms with van der Waals surface area (Å²) in [6.45, 7) is 0.520. The Bertz CT molecular complexity index is 1090. The first-order chi connectivity index (χ1) is 15.0. The number of nitrogens with one attached hydrogen (secondary N) is 1. The molecule has 1 N–H and O–H groups in total. The van der Waals surface area contributed by atoms with Gasteiger partial charge < -0.3 is 15.0 Å². The average Bonchev–Trinajstić information content (AvgIpc) is 3.15. The van der Waals surface area contributed by atoms with Crippen molar-refractivity contribution in [2.75, 3.05) is 18.2 Å². The van der Waals surface area contributed by atoms with E-state index in [-0.39, 0.29) is 17.2 Å². The van der Waals surface area contributed by atoms with Crippen molar-refractivity contribution in [1.82, 2.24) is 4.90 Å². The number of benzene rings is 3. The number of halogens is 1. The van der Waals surface area contributed by atoms with Crippen LogP contribution >= 0.6 is 23.4 Å². The number of methoxy groups -OCH3 is 1. The van der Waals surface area contributed by atoms with Crippen molar-refractivity contribution < 1.29 is 14.3 Å². The van der Waals surface area contributed by atoms with Crippen LogP contribution in [0.1, 0.15) is 26.9 Å². The van der Waals surface area contributed by atoms with E-state index < -0.39 is 0 Å². The van der Waals surface area contributed by atoms with Gasteiger partial charge in [-0.25, -0.2) is 0 Å². The molecular formula is C24H21ClN2O3S. The first-order valence-corrected chi connectivity index (χ1v) is 11.2. The van der Waals surface area contributed by atoms with Crippen molar-refractivity contribution in [3.05, 3.63) is 94.5 Å². The molecule has 0 radical (unpaired) electrons. The van der Waals surface area contributed by atoms with Gasteiger partial charge in [-0.15, -0.1) is 11.8 Å². The Morgan fingerprint density at radius 3 is 2.58 bits per heavy atom. The van der Waals surface area contributed by atoms with E-state index in [1.807, 2.05) is 59.5 Å². The van der Waals surface area contributed by atoms with Crippen molar-refractivity contribution >= 4 is 40.9 Å². The molecule has 0 spiro atoms. The Morgan fingerprint density at radius 2 is 1.87 bits per heavy atom. The number of nitrogens with zero attached hydrogens (tertiary/aromatic N) is 1. The van der Waals surface area contributed by atoms with Crippen LogP contribution in [-0.2, 0) is 11.3 Å². The first-order valence-electron chi connectivity index (χ1n) is 9.74. The fourth-order valence-corrected chi connectivity index (χ4v) is 4.70. The molecular weight excluding hydrogens is 432 g/mol. The lowest BCUT2D eigenvalue weighted by Crippen LogP contribution is -2.27. The normalized spacial score (nSPS) is 15.7. The molecule has 1 aliphatic rings. The Hall–Kier alpha value is -2.96. The second-order valence-corrected chi connectivity index (χ2v) is 8.62. The molecule has 3 aromatic rings. The molecule has 31 heavy (non-hydrogen) atoms. The lowest BCUT2D eigenvalue weighted by atomic mass is 10.1. The maximum atomic E-state index is 12.6. The lowest BCUT2D eigenvalue weighted by molar-refractivity contribution is -0.128. The molecule has 0 aliphatic carbocycles. The largest absolute Gasteiger partial charge is 0.497 e. The van der Waals surface area contributed by atoms with Gasteiger partial charge in [0, 0.05) is 28.9 Å². The highest BCUT2D eigenvalue weighted by Crippen LogP contribution is 2.39. The number of thioether (sulfide) groups is 1. The molecule has 1 heterocycles. The zero-order valence-corrected chi connectivity index (χ0v) is 18.5. The third kappa shape index (κ3) is 5.03. The zero-order chi connectivity index (χ0) is 21.8. The van der Waals surface area contributed by atoms with E-state index >= 15 is 0 Å². The molecule has 0 bridgehead atoms. The molecule has 0 saturated carbocycles. The van der Waals surface area contributed by atoms with Gasteiger partial charge in [-0.2, -0.15) is 0 Å². The van der Waals surface area contributed by atoms with Gasteiger partial charge in [0.15, 0.2) is 0 Å². The van der Waals surface area contributed by atoms with E-state index in [9.17, 15) is 9.59 Å². The van der Waals surface area contributed by atoms with Crippen LogP contribution in [0.4, 0.5) is 5.69 Å². The number of anilines is 1. The Balaban J connectivity index is 1.46. The van der Waals surface area contributed by atoms with Crippen molar-refractivity contribution in [1.29, 1.82) is 0 Å². The number of hydrogen-bond donors (Lipinski definition) is 1. The monoisotopic (exact) mass is 452 g/mol. The SMILES string of the molecule is COc1cccc(NC(=O)c2ccc([C@H]3SCC(=O)N3Cc3ccc(Cl)cc3)cc2)c1. The molecule has 1 aliphatic heterocycles.